The first-order valence-electron chi connectivity index (χ1n) is 7.01. The van der Waals surface area contributed by atoms with Crippen LogP contribution >= 0.6 is 15.9 Å². The SMILES string of the molecule is O=C(CCNc1cnn(CCO)c(=O)c1Br)N1CCCC1. The third-order valence-corrected chi connectivity index (χ3v) is 4.18. The van der Waals surface area contributed by atoms with Gasteiger partial charge >= 0.3 is 0 Å². The predicted octanol–water partition coefficient (Wildman–Crippen LogP) is 0.422. The zero-order chi connectivity index (χ0) is 15.2. The molecule has 7 nitrogen and oxygen atoms in total. The number of aromatic nitrogens is 2. The van der Waals surface area contributed by atoms with Crippen molar-refractivity contribution in [2.75, 3.05) is 31.6 Å². The maximum atomic E-state index is 11.9. The smallest absolute Gasteiger partial charge is 0.283 e. The second kappa shape index (κ2) is 7.56. The number of likely N-dealkylation sites (tertiary alicyclic amines) is 1. The average molecular weight is 359 g/mol. The molecule has 21 heavy (non-hydrogen) atoms. The highest BCUT2D eigenvalue weighted by Crippen LogP contribution is 2.16. The van der Waals surface area contributed by atoms with Crippen molar-refractivity contribution in [1.82, 2.24) is 14.7 Å². The molecule has 1 aromatic heterocycles. The molecule has 1 aliphatic rings. The van der Waals surface area contributed by atoms with Crippen LogP contribution in [0.1, 0.15) is 19.3 Å². The summed E-state index contributed by atoms with van der Waals surface area (Å²) in [5.74, 6) is 0.137. The van der Waals surface area contributed by atoms with E-state index in [0.717, 1.165) is 25.9 Å². The Hall–Kier alpha value is -1.41. The fourth-order valence-electron chi connectivity index (χ4n) is 2.27. The van der Waals surface area contributed by atoms with E-state index in [1.807, 2.05) is 4.90 Å². The first-order chi connectivity index (χ1) is 10.1. The molecule has 1 amide bonds. The first kappa shape index (κ1) is 16.0. The largest absolute Gasteiger partial charge is 0.394 e. The van der Waals surface area contributed by atoms with E-state index < -0.39 is 0 Å². The number of carbonyl (C=O) groups is 1. The minimum Gasteiger partial charge on any atom is -0.394 e. The molecule has 1 fully saturated rings. The Morgan fingerprint density at radius 2 is 2.14 bits per heavy atom. The van der Waals surface area contributed by atoms with Crippen molar-refractivity contribution in [2.45, 2.75) is 25.8 Å². The molecule has 0 radical (unpaired) electrons. The van der Waals surface area contributed by atoms with Crippen molar-refractivity contribution < 1.29 is 9.90 Å². The van der Waals surface area contributed by atoms with E-state index in [1.165, 1.54) is 10.9 Å². The highest BCUT2D eigenvalue weighted by atomic mass is 79.9. The number of aliphatic hydroxyl groups is 1. The molecule has 2 heterocycles. The zero-order valence-corrected chi connectivity index (χ0v) is 13.3. The number of anilines is 1. The fraction of sp³-hybridized carbons (Fsp3) is 0.615. The van der Waals surface area contributed by atoms with Gasteiger partial charge in [-0.25, -0.2) is 4.68 Å². The molecule has 0 unspecified atom stereocenters. The molecule has 0 spiro atoms. The summed E-state index contributed by atoms with van der Waals surface area (Å²) >= 11 is 3.22. The highest BCUT2D eigenvalue weighted by molar-refractivity contribution is 9.10. The van der Waals surface area contributed by atoms with Crippen LogP contribution in [0.3, 0.4) is 0 Å². The summed E-state index contributed by atoms with van der Waals surface area (Å²) in [7, 11) is 0. The highest BCUT2D eigenvalue weighted by Gasteiger charge is 2.17. The number of nitrogens with one attached hydrogen (secondary N) is 1. The molecular weight excluding hydrogens is 340 g/mol. The molecule has 0 aliphatic carbocycles. The van der Waals surface area contributed by atoms with Crippen LogP contribution in [0.5, 0.6) is 0 Å². The summed E-state index contributed by atoms with van der Waals surface area (Å²) in [6.07, 6.45) is 4.07. The molecule has 0 atom stereocenters. The predicted molar refractivity (Wildman–Crippen MR) is 82.2 cm³/mol. The van der Waals surface area contributed by atoms with Gasteiger partial charge in [-0.1, -0.05) is 0 Å². The van der Waals surface area contributed by atoms with Crippen molar-refractivity contribution in [3.63, 3.8) is 0 Å². The molecule has 8 heteroatoms. The van der Waals surface area contributed by atoms with Crippen LogP contribution in [-0.4, -0.2) is 51.9 Å². The minimum atomic E-state index is -0.306. The van der Waals surface area contributed by atoms with Crippen LogP contribution < -0.4 is 10.9 Å². The summed E-state index contributed by atoms with van der Waals surface area (Å²) in [6, 6.07) is 0. The van der Waals surface area contributed by atoms with Crippen LogP contribution in [0.2, 0.25) is 0 Å². The number of nitrogens with zero attached hydrogens (tertiary/aromatic N) is 3. The molecule has 116 valence electrons. The van der Waals surface area contributed by atoms with Gasteiger partial charge in [-0.3, -0.25) is 9.59 Å². The Bertz CT molecular complexity index is 555. The molecule has 1 saturated heterocycles. The van der Waals surface area contributed by atoms with E-state index in [9.17, 15) is 9.59 Å². The topological polar surface area (TPSA) is 87.5 Å². The van der Waals surface area contributed by atoms with Crippen LogP contribution in [-0.2, 0) is 11.3 Å². The standard InChI is InChI=1S/C13H19BrN4O3/c14-12-10(9-16-18(7-8-19)13(12)21)15-4-3-11(20)17-5-1-2-6-17/h9,15,19H,1-8H2. The lowest BCUT2D eigenvalue weighted by molar-refractivity contribution is -0.129. The number of aliphatic hydroxyl groups excluding tert-OH is 1. The zero-order valence-electron chi connectivity index (χ0n) is 11.7. The summed E-state index contributed by atoms with van der Waals surface area (Å²) in [5, 5.41) is 15.8. The van der Waals surface area contributed by atoms with Gasteiger partial charge in [0.2, 0.25) is 5.91 Å². The lowest BCUT2D eigenvalue weighted by Crippen LogP contribution is -2.29. The molecule has 0 bridgehead atoms. The normalized spacial score (nSPS) is 14.5. The fourth-order valence-corrected chi connectivity index (χ4v) is 2.72. The molecular formula is C13H19BrN4O3. The van der Waals surface area contributed by atoms with Crippen LogP contribution in [0.4, 0.5) is 5.69 Å². The van der Waals surface area contributed by atoms with Gasteiger partial charge in [0.15, 0.2) is 0 Å². The quantitative estimate of drug-likeness (QED) is 0.769. The van der Waals surface area contributed by atoms with Gasteiger partial charge in [0.05, 0.1) is 25.0 Å². The summed E-state index contributed by atoms with van der Waals surface area (Å²) in [6.45, 7) is 2.17. The maximum absolute atomic E-state index is 11.9. The van der Waals surface area contributed by atoms with Crippen molar-refractivity contribution in [3.8, 4) is 0 Å². The van der Waals surface area contributed by atoms with Gasteiger partial charge in [0, 0.05) is 26.1 Å². The van der Waals surface area contributed by atoms with E-state index >= 15 is 0 Å². The van der Waals surface area contributed by atoms with Crippen LogP contribution in [0.25, 0.3) is 0 Å². The van der Waals surface area contributed by atoms with Crippen LogP contribution in [0, 0.1) is 0 Å². The van der Waals surface area contributed by atoms with Crippen molar-refractivity contribution >= 4 is 27.5 Å². The monoisotopic (exact) mass is 358 g/mol. The van der Waals surface area contributed by atoms with Crippen LogP contribution in [0.15, 0.2) is 15.5 Å². The Morgan fingerprint density at radius 1 is 1.43 bits per heavy atom. The van der Waals surface area contributed by atoms with E-state index in [-0.39, 0.29) is 24.6 Å². The van der Waals surface area contributed by atoms with Gasteiger partial charge in [-0.15, -0.1) is 0 Å². The van der Waals surface area contributed by atoms with Gasteiger partial charge in [-0.05, 0) is 28.8 Å². The van der Waals surface area contributed by atoms with E-state index in [1.54, 1.807) is 0 Å². The Labute approximate surface area is 131 Å². The van der Waals surface area contributed by atoms with Gasteiger partial charge in [-0.2, -0.15) is 5.10 Å². The molecule has 1 aromatic rings. The lowest BCUT2D eigenvalue weighted by Gasteiger charge is -2.15. The third-order valence-electron chi connectivity index (χ3n) is 3.41. The number of carbonyl (C=O) groups excluding carboxylic acids is 1. The first-order valence-corrected chi connectivity index (χ1v) is 7.81. The maximum Gasteiger partial charge on any atom is 0.283 e. The third kappa shape index (κ3) is 4.04. The summed E-state index contributed by atoms with van der Waals surface area (Å²) in [4.78, 5) is 25.7. The minimum absolute atomic E-state index is 0.137. The second-order valence-corrected chi connectivity index (χ2v) is 5.68. The molecule has 2 N–H and O–H groups in total. The van der Waals surface area contributed by atoms with Crippen molar-refractivity contribution in [2.24, 2.45) is 0 Å². The van der Waals surface area contributed by atoms with Gasteiger partial charge in [0.25, 0.3) is 5.56 Å². The molecule has 0 aromatic carbocycles. The second-order valence-electron chi connectivity index (χ2n) is 4.89. The summed E-state index contributed by atoms with van der Waals surface area (Å²) < 4.78 is 1.55. The van der Waals surface area contributed by atoms with Crippen molar-refractivity contribution in [1.29, 1.82) is 0 Å². The number of amides is 1. The molecule has 0 saturated carbocycles. The van der Waals surface area contributed by atoms with Gasteiger partial charge in [0.1, 0.15) is 4.47 Å². The average Bonchev–Trinajstić information content (AvgIpc) is 3.00. The Kier molecular flexibility index (Phi) is 5.75. The van der Waals surface area contributed by atoms with E-state index in [2.05, 4.69) is 26.3 Å². The number of halogens is 1. The molecule has 2 rings (SSSR count). The number of hydrogen-bond acceptors (Lipinski definition) is 5. The number of rotatable bonds is 6. The number of hydrogen-bond donors (Lipinski definition) is 2. The van der Waals surface area contributed by atoms with Gasteiger partial charge < -0.3 is 15.3 Å². The summed E-state index contributed by atoms with van der Waals surface area (Å²) in [5.41, 5.74) is 0.253. The van der Waals surface area contributed by atoms with Crippen molar-refractivity contribution in [3.05, 3.63) is 21.0 Å². The Morgan fingerprint density at radius 3 is 2.81 bits per heavy atom. The van der Waals surface area contributed by atoms with E-state index in [4.69, 9.17) is 5.11 Å². The molecule has 1 aliphatic heterocycles. The lowest BCUT2D eigenvalue weighted by atomic mass is 10.3. The van der Waals surface area contributed by atoms with E-state index in [0.29, 0.717) is 23.1 Å². The Balaban J connectivity index is 1.89.